The van der Waals surface area contributed by atoms with Gasteiger partial charge in [0.05, 0.1) is 18.6 Å². The molecule has 2 aliphatic heterocycles. The molecular formula is C23H31NO4. The minimum atomic E-state index is -0.979. The van der Waals surface area contributed by atoms with Crippen LogP contribution in [0.5, 0.6) is 0 Å². The Labute approximate surface area is 166 Å². The molecule has 0 aromatic heterocycles. The van der Waals surface area contributed by atoms with E-state index in [1.807, 2.05) is 0 Å². The number of methoxy groups -OCH3 is 1. The van der Waals surface area contributed by atoms with E-state index in [0.29, 0.717) is 24.7 Å². The highest BCUT2D eigenvalue weighted by Gasteiger charge is 2.81. The first kappa shape index (κ1) is 17.7. The monoisotopic (exact) mass is 385 g/mol. The van der Waals surface area contributed by atoms with Crippen molar-refractivity contribution in [1.82, 2.24) is 4.90 Å². The van der Waals surface area contributed by atoms with E-state index in [-0.39, 0.29) is 11.9 Å². The maximum absolute atomic E-state index is 12.8. The van der Waals surface area contributed by atoms with Gasteiger partial charge in [-0.3, -0.25) is 4.90 Å². The zero-order chi connectivity index (χ0) is 19.6. The van der Waals surface area contributed by atoms with Gasteiger partial charge in [-0.05, 0) is 61.5 Å². The van der Waals surface area contributed by atoms with E-state index in [9.17, 15) is 15.0 Å². The van der Waals surface area contributed by atoms with Crippen molar-refractivity contribution in [2.75, 3.05) is 20.2 Å². The Balaban J connectivity index is 1.69. The molecule has 5 heteroatoms. The van der Waals surface area contributed by atoms with Crippen molar-refractivity contribution >= 4 is 5.97 Å². The van der Waals surface area contributed by atoms with Crippen LogP contribution in [0, 0.1) is 28.6 Å². The summed E-state index contributed by atoms with van der Waals surface area (Å²) < 4.78 is 5.18. The normalized spacial score (nSPS) is 51.5. The average molecular weight is 386 g/mol. The number of hydrogen-bond donors (Lipinski definition) is 2. The Kier molecular flexibility index (Phi) is 3.22. The molecule has 152 valence electrons. The predicted octanol–water partition coefficient (Wildman–Crippen LogP) is 2.39. The van der Waals surface area contributed by atoms with E-state index in [1.54, 1.807) is 0 Å². The van der Waals surface area contributed by atoms with Gasteiger partial charge < -0.3 is 14.9 Å². The van der Waals surface area contributed by atoms with Crippen molar-refractivity contribution in [3.8, 4) is 0 Å². The van der Waals surface area contributed by atoms with Gasteiger partial charge in [0.25, 0.3) is 0 Å². The fourth-order valence-corrected chi connectivity index (χ4v) is 8.83. The number of ether oxygens (including phenoxy) is 1. The number of aliphatic hydroxyl groups excluding tert-OH is 1. The second kappa shape index (κ2) is 5.11. The number of esters is 1. The van der Waals surface area contributed by atoms with Crippen LogP contribution in [0.2, 0.25) is 0 Å². The van der Waals surface area contributed by atoms with Gasteiger partial charge in [0.2, 0.25) is 0 Å². The Hall–Kier alpha value is -1.17. The topological polar surface area (TPSA) is 70.0 Å². The Morgan fingerprint density at radius 3 is 2.79 bits per heavy atom. The number of hydrogen-bond acceptors (Lipinski definition) is 5. The maximum Gasteiger partial charge on any atom is 0.334 e. The summed E-state index contributed by atoms with van der Waals surface area (Å²) in [5, 5.41) is 24.2. The number of rotatable bonds is 1. The summed E-state index contributed by atoms with van der Waals surface area (Å²) in [5.74, 6) is 0.471. The smallest absolute Gasteiger partial charge is 0.334 e. The standard InChI is InChI=1S/C23H31NO4/c1-12-10-24-11-14-6-4-13-5-7-15-16(20(26)28-3)9-22(19(13)15)21(14,2)18(25)8-17(12)23(22,24)27/h12,14,17-18,25,27H,4-11H2,1-3H3. The first-order chi connectivity index (χ1) is 13.3. The molecule has 0 aromatic rings. The summed E-state index contributed by atoms with van der Waals surface area (Å²) in [7, 11) is 1.46. The molecule has 6 rings (SSSR count). The molecule has 7 atom stereocenters. The van der Waals surface area contributed by atoms with Gasteiger partial charge in [0.15, 0.2) is 0 Å². The number of nitrogens with zero attached hydrogens (tertiary/aromatic N) is 1. The molecule has 0 radical (unpaired) electrons. The van der Waals surface area contributed by atoms with Crippen LogP contribution >= 0.6 is 0 Å². The van der Waals surface area contributed by atoms with Crippen LogP contribution in [-0.2, 0) is 9.53 Å². The number of allylic oxidation sites excluding steroid dienone is 2. The minimum Gasteiger partial charge on any atom is -0.466 e. The highest BCUT2D eigenvalue weighted by Crippen LogP contribution is 2.78. The number of aliphatic hydroxyl groups is 2. The Morgan fingerprint density at radius 1 is 1.25 bits per heavy atom. The second-order valence-electron chi connectivity index (χ2n) is 10.5. The van der Waals surface area contributed by atoms with Gasteiger partial charge >= 0.3 is 5.97 Å². The molecule has 0 aromatic carbocycles. The lowest BCUT2D eigenvalue weighted by Crippen LogP contribution is -2.77. The summed E-state index contributed by atoms with van der Waals surface area (Å²) in [5.41, 5.74) is 2.61. The lowest BCUT2D eigenvalue weighted by Gasteiger charge is -2.70. The molecule has 7 unspecified atom stereocenters. The average Bonchev–Trinajstić information content (AvgIpc) is 3.29. The van der Waals surface area contributed by atoms with Crippen molar-refractivity contribution < 1.29 is 19.7 Å². The van der Waals surface area contributed by atoms with Crippen molar-refractivity contribution in [3.63, 3.8) is 0 Å². The van der Waals surface area contributed by atoms with Gasteiger partial charge in [0.1, 0.15) is 5.72 Å². The molecule has 2 saturated heterocycles. The third-order valence-corrected chi connectivity index (χ3v) is 9.99. The van der Waals surface area contributed by atoms with E-state index in [0.717, 1.165) is 49.9 Å². The SMILES string of the molecule is COC(=O)C1=C2CCC3=C2C2(C1)C1(C)C(O)CC4C(C)CN(CC1CC3)C42O. The van der Waals surface area contributed by atoms with Gasteiger partial charge in [-0.25, -0.2) is 4.79 Å². The fraction of sp³-hybridized carbons (Fsp3) is 0.783. The highest BCUT2D eigenvalue weighted by molar-refractivity contribution is 5.93. The first-order valence-corrected chi connectivity index (χ1v) is 11.0. The van der Waals surface area contributed by atoms with E-state index in [2.05, 4.69) is 18.7 Å². The molecule has 6 aliphatic rings. The Bertz CT molecular complexity index is 861. The van der Waals surface area contributed by atoms with E-state index < -0.39 is 22.7 Å². The summed E-state index contributed by atoms with van der Waals surface area (Å²) in [6.07, 6.45) is 4.71. The molecule has 1 spiro atoms. The number of piperidine rings is 1. The molecule has 2 N–H and O–H groups in total. The van der Waals surface area contributed by atoms with Gasteiger partial charge in [-0.1, -0.05) is 19.4 Å². The Morgan fingerprint density at radius 2 is 2.04 bits per heavy atom. The van der Waals surface area contributed by atoms with Crippen molar-refractivity contribution in [2.24, 2.45) is 28.6 Å². The van der Waals surface area contributed by atoms with Crippen molar-refractivity contribution in [2.45, 2.75) is 64.2 Å². The summed E-state index contributed by atoms with van der Waals surface area (Å²) >= 11 is 0. The van der Waals surface area contributed by atoms with Crippen LogP contribution < -0.4 is 0 Å². The molecule has 4 aliphatic carbocycles. The molecular weight excluding hydrogens is 354 g/mol. The summed E-state index contributed by atoms with van der Waals surface area (Å²) in [6.45, 7) is 6.19. The molecule has 2 heterocycles. The third kappa shape index (κ3) is 1.54. The lowest BCUT2D eigenvalue weighted by atomic mass is 9.41. The number of carbonyl (C=O) groups is 1. The maximum atomic E-state index is 12.8. The van der Waals surface area contributed by atoms with E-state index in [1.165, 1.54) is 18.3 Å². The molecule has 0 amide bonds. The van der Waals surface area contributed by atoms with Crippen LogP contribution in [0.25, 0.3) is 0 Å². The van der Waals surface area contributed by atoms with Crippen molar-refractivity contribution in [1.29, 1.82) is 0 Å². The third-order valence-electron chi connectivity index (χ3n) is 9.99. The minimum absolute atomic E-state index is 0.0437. The van der Waals surface area contributed by atoms with Crippen LogP contribution in [0.15, 0.2) is 22.3 Å². The predicted molar refractivity (Wildman–Crippen MR) is 103 cm³/mol. The van der Waals surface area contributed by atoms with Crippen LogP contribution in [0.4, 0.5) is 0 Å². The fourth-order valence-electron chi connectivity index (χ4n) is 8.83. The van der Waals surface area contributed by atoms with Gasteiger partial charge in [-0.2, -0.15) is 0 Å². The molecule has 3 fully saturated rings. The number of carbonyl (C=O) groups excluding carboxylic acids is 1. The molecule has 4 bridgehead atoms. The van der Waals surface area contributed by atoms with Gasteiger partial charge in [-0.15, -0.1) is 0 Å². The van der Waals surface area contributed by atoms with Crippen LogP contribution in [0.1, 0.15) is 52.4 Å². The summed E-state index contributed by atoms with van der Waals surface area (Å²) in [4.78, 5) is 15.1. The second-order valence-corrected chi connectivity index (χ2v) is 10.5. The van der Waals surface area contributed by atoms with E-state index >= 15 is 0 Å². The quantitative estimate of drug-likeness (QED) is 0.679. The van der Waals surface area contributed by atoms with Crippen LogP contribution in [0.3, 0.4) is 0 Å². The molecule has 1 saturated carbocycles. The van der Waals surface area contributed by atoms with Crippen LogP contribution in [-0.4, -0.2) is 53.1 Å². The zero-order valence-electron chi connectivity index (χ0n) is 17.1. The van der Waals surface area contributed by atoms with Crippen molar-refractivity contribution in [3.05, 3.63) is 22.3 Å². The van der Waals surface area contributed by atoms with E-state index in [4.69, 9.17) is 4.74 Å². The largest absolute Gasteiger partial charge is 0.466 e. The zero-order valence-corrected chi connectivity index (χ0v) is 17.1. The molecule has 28 heavy (non-hydrogen) atoms. The first-order valence-electron chi connectivity index (χ1n) is 11.0. The lowest BCUT2D eigenvalue weighted by molar-refractivity contribution is -0.318. The molecule has 5 nitrogen and oxygen atoms in total. The van der Waals surface area contributed by atoms with Gasteiger partial charge in [0, 0.05) is 30.0 Å². The highest BCUT2D eigenvalue weighted by atomic mass is 16.5. The summed E-state index contributed by atoms with van der Waals surface area (Å²) in [6, 6.07) is 0.